The molecule has 0 saturated carbocycles. The van der Waals surface area contributed by atoms with Crippen LogP contribution in [0, 0.1) is 0 Å². The third kappa shape index (κ3) is 3.25. The zero-order chi connectivity index (χ0) is 17.3. The van der Waals surface area contributed by atoms with Gasteiger partial charge in [-0.25, -0.2) is 0 Å². The van der Waals surface area contributed by atoms with E-state index in [0.29, 0.717) is 6.42 Å². The minimum atomic E-state index is -0.180. The maximum Gasteiger partial charge on any atom is 0.264 e. The van der Waals surface area contributed by atoms with Gasteiger partial charge in [0.25, 0.3) is 5.91 Å². The highest BCUT2D eigenvalue weighted by molar-refractivity contribution is 7.14. The van der Waals surface area contributed by atoms with Gasteiger partial charge in [0.05, 0.1) is 17.1 Å². The fourth-order valence-electron chi connectivity index (χ4n) is 4.63. The number of aliphatic hydroxyl groups is 1. The number of carbonyl (C=O) groups is 1. The number of hydrogen-bond donors (Lipinski definition) is 2. The van der Waals surface area contributed by atoms with E-state index in [0.717, 1.165) is 69.6 Å². The molecule has 4 rings (SSSR count). The number of hydrogen-bond acceptors (Lipinski definition) is 5. The highest BCUT2D eigenvalue weighted by Crippen LogP contribution is 2.43. The maximum absolute atomic E-state index is 13.2. The van der Waals surface area contributed by atoms with Crippen molar-refractivity contribution >= 4 is 17.2 Å². The standard InChI is InChI=1S/C19H28N2O3S/c22-11-4-14-3-1-2-10-21(14)18(23)17-13-15-16(25-17)5-12-24-19(15)6-8-20-9-7-19/h13-14,20,22H,1-12H2. The predicted molar refractivity (Wildman–Crippen MR) is 98.1 cm³/mol. The van der Waals surface area contributed by atoms with Gasteiger partial charge < -0.3 is 20.1 Å². The summed E-state index contributed by atoms with van der Waals surface area (Å²) >= 11 is 1.67. The van der Waals surface area contributed by atoms with Gasteiger partial charge in [-0.15, -0.1) is 11.3 Å². The number of likely N-dealkylation sites (tertiary alicyclic amines) is 1. The molecule has 2 saturated heterocycles. The van der Waals surface area contributed by atoms with Gasteiger partial charge in [-0.3, -0.25) is 4.79 Å². The van der Waals surface area contributed by atoms with Crippen molar-refractivity contribution < 1.29 is 14.6 Å². The summed E-state index contributed by atoms with van der Waals surface area (Å²) in [5, 5.41) is 12.7. The molecule has 2 N–H and O–H groups in total. The molecule has 1 atom stereocenters. The fourth-order valence-corrected chi connectivity index (χ4v) is 5.81. The summed E-state index contributed by atoms with van der Waals surface area (Å²) in [7, 11) is 0. The third-order valence-electron chi connectivity index (χ3n) is 5.98. The first-order valence-corrected chi connectivity index (χ1v) is 10.4. The number of nitrogens with zero attached hydrogens (tertiary/aromatic N) is 1. The Morgan fingerprint density at radius 2 is 2.24 bits per heavy atom. The number of amides is 1. The first-order valence-electron chi connectivity index (χ1n) is 9.63. The van der Waals surface area contributed by atoms with Crippen LogP contribution < -0.4 is 5.32 Å². The van der Waals surface area contributed by atoms with Crippen LogP contribution in [0.15, 0.2) is 6.07 Å². The Morgan fingerprint density at radius 3 is 3.04 bits per heavy atom. The SMILES string of the molecule is O=C(c1cc2c(s1)CCOC21CCNCC1)N1CCCCC1CCO. The number of ether oxygens (including phenoxy) is 1. The highest BCUT2D eigenvalue weighted by atomic mass is 32.1. The van der Waals surface area contributed by atoms with Gasteiger partial charge in [0.2, 0.25) is 0 Å². The van der Waals surface area contributed by atoms with E-state index in [2.05, 4.69) is 11.4 Å². The molecule has 3 aliphatic heterocycles. The second-order valence-electron chi connectivity index (χ2n) is 7.45. The van der Waals surface area contributed by atoms with E-state index in [9.17, 15) is 9.90 Å². The Morgan fingerprint density at radius 1 is 1.40 bits per heavy atom. The Balaban J connectivity index is 1.60. The van der Waals surface area contributed by atoms with Crippen LogP contribution in [0.5, 0.6) is 0 Å². The Kier molecular flexibility index (Phi) is 5.13. The average molecular weight is 365 g/mol. The van der Waals surface area contributed by atoms with E-state index >= 15 is 0 Å². The van der Waals surface area contributed by atoms with Crippen LogP contribution in [-0.4, -0.2) is 54.8 Å². The van der Waals surface area contributed by atoms with Crippen LogP contribution in [0.3, 0.4) is 0 Å². The summed E-state index contributed by atoms with van der Waals surface area (Å²) < 4.78 is 6.24. The average Bonchev–Trinajstić information content (AvgIpc) is 3.09. The molecule has 0 aliphatic carbocycles. The Hall–Kier alpha value is -0.950. The lowest BCUT2D eigenvalue weighted by atomic mass is 9.83. The van der Waals surface area contributed by atoms with Crippen LogP contribution in [0.2, 0.25) is 0 Å². The quantitative estimate of drug-likeness (QED) is 0.864. The number of rotatable bonds is 3. The molecule has 1 aromatic rings. The molecular formula is C19H28N2O3S. The molecule has 3 aliphatic rings. The maximum atomic E-state index is 13.2. The Bertz CT molecular complexity index is 622. The van der Waals surface area contributed by atoms with Gasteiger partial charge in [-0.05, 0) is 63.2 Å². The van der Waals surface area contributed by atoms with E-state index in [1.54, 1.807) is 11.3 Å². The zero-order valence-electron chi connectivity index (χ0n) is 14.8. The number of piperidine rings is 2. The normalized spacial score (nSPS) is 25.8. The van der Waals surface area contributed by atoms with Crippen molar-refractivity contribution in [2.75, 3.05) is 32.8 Å². The first-order chi connectivity index (χ1) is 12.2. The number of carbonyl (C=O) groups excluding carboxylic acids is 1. The second kappa shape index (κ2) is 7.35. The fraction of sp³-hybridized carbons (Fsp3) is 0.737. The van der Waals surface area contributed by atoms with Crippen LogP contribution in [-0.2, 0) is 16.8 Å². The van der Waals surface area contributed by atoms with Gasteiger partial charge >= 0.3 is 0 Å². The van der Waals surface area contributed by atoms with Crippen LogP contribution in [0.4, 0.5) is 0 Å². The molecule has 0 bridgehead atoms. The number of fused-ring (bicyclic) bond motifs is 2. The summed E-state index contributed by atoms with van der Waals surface area (Å²) in [6.45, 7) is 3.68. The molecule has 25 heavy (non-hydrogen) atoms. The second-order valence-corrected chi connectivity index (χ2v) is 8.59. The largest absolute Gasteiger partial charge is 0.396 e. The number of nitrogens with one attached hydrogen (secondary N) is 1. The van der Waals surface area contributed by atoms with E-state index in [4.69, 9.17) is 4.74 Å². The third-order valence-corrected chi connectivity index (χ3v) is 7.16. The van der Waals surface area contributed by atoms with Crippen molar-refractivity contribution in [3.05, 3.63) is 21.4 Å². The topological polar surface area (TPSA) is 61.8 Å². The summed E-state index contributed by atoms with van der Waals surface area (Å²) in [5.74, 6) is 0.154. The Labute approximate surface area is 153 Å². The van der Waals surface area contributed by atoms with Crippen LogP contribution in [0.25, 0.3) is 0 Å². The van der Waals surface area contributed by atoms with E-state index in [1.807, 2.05) is 4.90 Å². The monoisotopic (exact) mass is 364 g/mol. The molecule has 5 nitrogen and oxygen atoms in total. The van der Waals surface area contributed by atoms with E-state index < -0.39 is 0 Å². The van der Waals surface area contributed by atoms with Gasteiger partial charge in [-0.2, -0.15) is 0 Å². The lowest BCUT2D eigenvalue weighted by molar-refractivity contribution is -0.0792. The minimum absolute atomic E-state index is 0.152. The molecule has 0 aromatic carbocycles. The molecule has 4 heterocycles. The first kappa shape index (κ1) is 17.5. The lowest BCUT2D eigenvalue weighted by Crippen LogP contribution is -2.44. The van der Waals surface area contributed by atoms with Crippen molar-refractivity contribution in [3.63, 3.8) is 0 Å². The predicted octanol–water partition coefficient (Wildman–Crippen LogP) is 2.28. The van der Waals surface area contributed by atoms with E-state index in [-0.39, 0.29) is 24.2 Å². The molecule has 1 amide bonds. The van der Waals surface area contributed by atoms with Crippen molar-refractivity contribution in [3.8, 4) is 0 Å². The van der Waals surface area contributed by atoms with Crippen molar-refractivity contribution in [1.29, 1.82) is 0 Å². The van der Waals surface area contributed by atoms with E-state index in [1.165, 1.54) is 10.4 Å². The van der Waals surface area contributed by atoms with Gasteiger partial charge in [0, 0.05) is 30.5 Å². The molecule has 1 unspecified atom stereocenters. The summed E-state index contributed by atoms with van der Waals surface area (Å²) in [6.07, 6.45) is 6.81. The smallest absolute Gasteiger partial charge is 0.264 e. The molecule has 138 valence electrons. The molecule has 1 aromatic heterocycles. The summed E-state index contributed by atoms with van der Waals surface area (Å²) in [6, 6.07) is 2.31. The summed E-state index contributed by atoms with van der Waals surface area (Å²) in [5.41, 5.74) is 1.09. The molecular weight excluding hydrogens is 336 g/mol. The van der Waals surface area contributed by atoms with Gasteiger partial charge in [0.1, 0.15) is 0 Å². The molecule has 2 fully saturated rings. The van der Waals surface area contributed by atoms with Crippen molar-refractivity contribution in [2.24, 2.45) is 0 Å². The summed E-state index contributed by atoms with van der Waals surface area (Å²) in [4.78, 5) is 17.4. The molecule has 1 spiro atoms. The lowest BCUT2D eigenvalue weighted by Gasteiger charge is -2.40. The van der Waals surface area contributed by atoms with Crippen molar-refractivity contribution in [2.45, 2.75) is 56.6 Å². The highest BCUT2D eigenvalue weighted by Gasteiger charge is 2.41. The van der Waals surface area contributed by atoms with Crippen molar-refractivity contribution in [1.82, 2.24) is 10.2 Å². The van der Waals surface area contributed by atoms with Crippen LogP contribution in [0.1, 0.15) is 58.6 Å². The van der Waals surface area contributed by atoms with Gasteiger partial charge in [0.15, 0.2) is 0 Å². The molecule has 0 radical (unpaired) electrons. The van der Waals surface area contributed by atoms with Gasteiger partial charge in [-0.1, -0.05) is 0 Å². The number of thiophene rings is 1. The van der Waals surface area contributed by atoms with Crippen LogP contribution >= 0.6 is 11.3 Å². The minimum Gasteiger partial charge on any atom is -0.396 e. The number of aliphatic hydroxyl groups excluding tert-OH is 1. The molecule has 6 heteroatoms. The zero-order valence-corrected chi connectivity index (χ0v) is 15.6.